The lowest BCUT2D eigenvalue weighted by Gasteiger charge is -2.38. The Balaban J connectivity index is 1.70. The number of hydrogen-bond donors (Lipinski definition) is 2. The van der Waals surface area contributed by atoms with Gasteiger partial charge in [-0.2, -0.15) is 0 Å². The minimum atomic E-state index is -3.10. The van der Waals surface area contributed by atoms with E-state index in [-0.39, 0.29) is 47.6 Å². The van der Waals surface area contributed by atoms with E-state index in [1.807, 2.05) is 0 Å². The van der Waals surface area contributed by atoms with E-state index in [1.54, 1.807) is 4.90 Å². The molecule has 7 nitrogen and oxygen atoms in total. The topological polar surface area (TPSA) is 95.6 Å². The average molecular weight is 426 g/mol. The summed E-state index contributed by atoms with van der Waals surface area (Å²) >= 11 is 0. The van der Waals surface area contributed by atoms with E-state index in [2.05, 4.69) is 10.6 Å². The molecule has 0 bridgehead atoms. The third-order valence-electron chi connectivity index (χ3n) is 5.58. The molecule has 1 saturated carbocycles. The number of carbonyl (C=O) groups is 2. The van der Waals surface area contributed by atoms with Crippen LogP contribution in [-0.2, 0) is 19.4 Å². The SMILES string of the molecule is CC(=O)Nc1cc(NCC(=O)N(C2CCCCC2)C2CCS(=O)(=O)C2)ccc1F. The number of nitrogens with one attached hydrogen (secondary N) is 2. The number of nitrogens with zero attached hydrogens (tertiary/aromatic N) is 1. The van der Waals surface area contributed by atoms with Gasteiger partial charge in [0.15, 0.2) is 9.84 Å². The predicted molar refractivity (Wildman–Crippen MR) is 110 cm³/mol. The molecule has 1 unspecified atom stereocenters. The van der Waals surface area contributed by atoms with Gasteiger partial charge in [-0.25, -0.2) is 12.8 Å². The van der Waals surface area contributed by atoms with Crippen molar-refractivity contribution in [2.24, 2.45) is 0 Å². The van der Waals surface area contributed by atoms with Gasteiger partial charge in [-0.05, 0) is 37.5 Å². The molecule has 3 rings (SSSR count). The smallest absolute Gasteiger partial charge is 0.242 e. The third-order valence-corrected chi connectivity index (χ3v) is 7.33. The number of sulfone groups is 1. The molecular formula is C20H28FN3O4S. The van der Waals surface area contributed by atoms with Gasteiger partial charge in [-0.1, -0.05) is 19.3 Å². The van der Waals surface area contributed by atoms with E-state index < -0.39 is 15.7 Å². The molecule has 0 radical (unpaired) electrons. The van der Waals surface area contributed by atoms with E-state index >= 15 is 0 Å². The van der Waals surface area contributed by atoms with Crippen LogP contribution in [0.2, 0.25) is 0 Å². The van der Waals surface area contributed by atoms with Crippen molar-refractivity contribution in [3.63, 3.8) is 0 Å². The maximum Gasteiger partial charge on any atom is 0.242 e. The number of benzene rings is 1. The highest BCUT2D eigenvalue weighted by Gasteiger charge is 2.38. The summed E-state index contributed by atoms with van der Waals surface area (Å²) in [5, 5.41) is 5.40. The lowest BCUT2D eigenvalue weighted by molar-refractivity contribution is -0.134. The quantitative estimate of drug-likeness (QED) is 0.730. The summed E-state index contributed by atoms with van der Waals surface area (Å²) in [7, 11) is -3.10. The number of halogens is 1. The van der Waals surface area contributed by atoms with Crippen molar-refractivity contribution in [1.82, 2.24) is 4.90 Å². The van der Waals surface area contributed by atoms with Crippen molar-refractivity contribution in [2.75, 3.05) is 28.7 Å². The zero-order valence-electron chi connectivity index (χ0n) is 16.6. The Labute approximate surface area is 171 Å². The molecule has 2 aliphatic rings. The lowest BCUT2D eigenvalue weighted by atomic mass is 9.93. The molecule has 2 fully saturated rings. The van der Waals surface area contributed by atoms with Crippen LogP contribution in [-0.4, -0.2) is 55.3 Å². The highest BCUT2D eigenvalue weighted by atomic mass is 32.2. The molecule has 160 valence electrons. The lowest BCUT2D eigenvalue weighted by Crippen LogP contribution is -2.50. The van der Waals surface area contributed by atoms with E-state index in [1.165, 1.54) is 25.1 Å². The van der Waals surface area contributed by atoms with Crippen molar-refractivity contribution >= 4 is 33.0 Å². The fourth-order valence-corrected chi connectivity index (χ4v) is 5.96. The zero-order chi connectivity index (χ0) is 21.0. The summed E-state index contributed by atoms with van der Waals surface area (Å²) in [5.74, 6) is -0.942. The van der Waals surface area contributed by atoms with Crippen LogP contribution in [0, 0.1) is 5.82 Å². The summed E-state index contributed by atoms with van der Waals surface area (Å²) in [5.41, 5.74) is 0.548. The first-order valence-corrected chi connectivity index (χ1v) is 11.9. The molecule has 1 aliphatic carbocycles. The molecule has 1 atom stereocenters. The molecule has 1 saturated heterocycles. The van der Waals surface area contributed by atoms with Crippen LogP contribution in [0.4, 0.5) is 15.8 Å². The van der Waals surface area contributed by atoms with Gasteiger partial charge in [0.2, 0.25) is 11.8 Å². The Kier molecular flexibility index (Phi) is 6.77. The van der Waals surface area contributed by atoms with E-state index in [4.69, 9.17) is 0 Å². The van der Waals surface area contributed by atoms with Gasteiger partial charge in [-0.3, -0.25) is 9.59 Å². The van der Waals surface area contributed by atoms with Crippen molar-refractivity contribution < 1.29 is 22.4 Å². The maximum atomic E-state index is 13.8. The predicted octanol–water partition coefficient (Wildman–Crippen LogP) is 2.54. The van der Waals surface area contributed by atoms with Crippen LogP contribution < -0.4 is 10.6 Å². The van der Waals surface area contributed by atoms with Crippen LogP contribution in [0.3, 0.4) is 0 Å². The number of anilines is 2. The average Bonchev–Trinajstić information content (AvgIpc) is 3.02. The zero-order valence-corrected chi connectivity index (χ0v) is 17.4. The van der Waals surface area contributed by atoms with Crippen LogP contribution in [0.5, 0.6) is 0 Å². The van der Waals surface area contributed by atoms with Gasteiger partial charge in [0.25, 0.3) is 0 Å². The maximum absolute atomic E-state index is 13.8. The van der Waals surface area contributed by atoms with Crippen LogP contribution >= 0.6 is 0 Å². The fourth-order valence-electron chi connectivity index (χ4n) is 4.25. The summed E-state index contributed by atoms with van der Waals surface area (Å²) < 4.78 is 37.7. The minimum Gasteiger partial charge on any atom is -0.376 e. The first kappa shape index (κ1) is 21.5. The molecule has 29 heavy (non-hydrogen) atoms. The molecule has 0 spiro atoms. The van der Waals surface area contributed by atoms with Crippen LogP contribution in [0.15, 0.2) is 18.2 Å². The van der Waals surface area contributed by atoms with Gasteiger partial charge in [0.05, 0.1) is 23.7 Å². The molecular weight excluding hydrogens is 397 g/mol. The number of rotatable bonds is 6. The van der Waals surface area contributed by atoms with Gasteiger partial charge in [0.1, 0.15) is 5.82 Å². The van der Waals surface area contributed by atoms with Crippen molar-refractivity contribution in [3.05, 3.63) is 24.0 Å². The standard InChI is InChI=1S/C20H28FN3O4S/c1-14(25)23-19-11-15(7-8-18(19)21)22-12-20(26)24(16-5-3-2-4-6-16)17-9-10-29(27,28)13-17/h7-8,11,16-17,22H,2-6,9-10,12-13H2,1H3,(H,23,25). The number of amides is 2. The summed E-state index contributed by atoms with van der Waals surface area (Å²) in [6, 6.07) is 3.95. The Bertz CT molecular complexity index is 868. The van der Waals surface area contributed by atoms with Crippen molar-refractivity contribution in [2.45, 2.75) is 57.5 Å². The molecule has 2 amide bonds. The molecule has 0 aromatic heterocycles. The molecule has 1 heterocycles. The van der Waals surface area contributed by atoms with E-state index in [0.29, 0.717) is 12.1 Å². The number of carbonyl (C=O) groups excluding carboxylic acids is 2. The second-order valence-electron chi connectivity index (χ2n) is 7.88. The Morgan fingerprint density at radius 3 is 2.48 bits per heavy atom. The second-order valence-corrected chi connectivity index (χ2v) is 10.1. The van der Waals surface area contributed by atoms with Crippen LogP contribution in [0.1, 0.15) is 45.4 Å². The van der Waals surface area contributed by atoms with Gasteiger partial charge < -0.3 is 15.5 Å². The molecule has 1 aromatic rings. The van der Waals surface area contributed by atoms with Gasteiger partial charge in [-0.15, -0.1) is 0 Å². The van der Waals surface area contributed by atoms with Gasteiger partial charge >= 0.3 is 0 Å². The third kappa shape index (κ3) is 5.68. The molecule has 2 N–H and O–H groups in total. The summed E-state index contributed by atoms with van der Waals surface area (Å²) in [6.45, 7) is 1.28. The Morgan fingerprint density at radius 1 is 1.14 bits per heavy atom. The van der Waals surface area contributed by atoms with Gasteiger partial charge in [0, 0.05) is 24.7 Å². The Morgan fingerprint density at radius 2 is 1.86 bits per heavy atom. The highest BCUT2D eigenvalue weighted by molar-refractivity contribution is 7.91. The normalized spacial score (nSPS) is 21.5. The largest absolute Gasteiger partial charge is 0.376 e. The molecule has 1 aromatic carbocycles. The number of hydrogen-bond acceptors (Lipinski definition) is 5. The Hall–Kier alpha value is -2.16. The first-order valence-electron chi connectivity index (χ1n) is 10.1. The highest BCUT2D eigenvalue weighted by Crippen LogP contribution is 2.28. The van der Waals surface area contributed by atoms with Crippen molar-refractivity contribution in [3.8, 4) is 0 Å². The minimum absolute atomic E-state index is 0.0157. The molecule has 9 heteroatoms. The van der Waals surface area contributed by atoms with E-state index in [9.17, 15) is 22.4 Å². The second kappa shape index (κ2) is 9.11. The summed E-state index contributed by atoms with van der Waals surface area (Å²) in [4.78, 5) is 26.1. The fraction of sp³-hybridized carbons (Fsp3) is 0.600. The van der Waals surface area contributed by atoms with E-state index in [0.717, 1.165) is 32.1 Å². The van der Waals surface area contributed by atoms with Crippen molar-refractivity contribution in [1.29, 1.82) is 0 Å². The summed E-state index contributed by atoms with van der Waals surface area (Å²) in [6.07, 6.45) is 5.49. The first-order chi connectivity index (χ1) is 13.7. The van der Waals surface area contributed by atoms with Crippen LogP contribution in [0.25, 0.3) is 0 Å². The monoisotopic (exact) mass is 425 g/mol. The molecule has 1 aliphatic heterocycles.